The average Bonchev–Trinajstić information content (AvgIpc) is 2.87. The van der Waals surface area contributed by atoms with Gasteiger partial charge in [-0.25, -0.2) is 9.97 Å². The van der Waals surface area contributed by atoms with Crippen LogP contribution in [0.3, 0.4) is 0 Å². The third-order valence-corrected chi connectivity index (χ3v) is 4.85. The Labute approximate surface area is 131 Å². The summed E-state index contributed by atoms with van der Waals surface area (Å²) in [4.78, 5) is 24.9. The maximum absolute atomic E-state index is 12.3. The Morgan fingerprint density at radius 3 is 2.76 bits per heavy atom. The molecule has 0 bridgehead atoms. The number of aromatic amines is 1. The molecule has 0 atom stereocenters. The van der Waals surface area contributed by atoms with E-state index >= 15 is 0 Å². The molecule has 102 valence electrons. The molecule has 4 rings (SSSR count). The number of nitrogens with zero attached hydrogens (tertiary/aromatic N) is 2. The van der Waals surface area contributed by atoms with Gasteiger partial charge >= 0.3 is 0 Å². The van der Waals surface area contributed by atoms with E-state index in [4.69, 9.17) is 0 Å². The summed E-state index contributed by atoms with van der Waals surface area (Å²) in [6.45, 7) is 0. The molecule has 21 heavy (non-hydrogen) atoms. The Bertz CT molecular complexity index is 1020. The molecule has 0 aliphatic carbocycles. The van der Waals surface area contributed by atoms with Gasteiger partial charge in [-0.2, -0.15) is 0 Å². The monoisotopic (exact) mass is 357 g/mol. The van der Waals surface area contributed by atoms with E-state index in [1.165, 1.54) is 11.3 Å². The summed E-state index contributed by atoms with van der Waals surface area (Å²) in [5, 5.41) is 0.918. The van der Waals surface area contributed by atoms with Crippen molar-refractivity contribution in [1.29, 1.82) is 0 Å². The SMILES string of the molecule is O=c1[nH]c(-c2ccc(Br)cc2)nc2c1sc1ncccc12. The van der Waals surface area contributed by atoms with Crippen molar-refractivity contribution < 1.29 is 0 Å². The molecule has 0 saturated carbocycles. The highest BCUT2D eigenvalue weighted by atomic mass is 79.9. The van der Waals surface area contributed by atoms with Crippen LogP contribution in [-0.2, 0) is 0 Å². The van der Waals surface area contributed by atoms with Crippen molar-refractivity contribution in [2.75, 3.05) is 0 Å². The van der Waals surface area contributed by atoms with Crippen LogP contribution in [0.2, 0.25) is 0 Å². The van der Waals surface area contributed by atoms with Crippen molar-refractivity contribution in [3.05, 3.63) is 57.4 Å². The zero-order chi connectivity index (χ0) is 14.4. The number of H-pyrrole nitrogens is 1. The molecule has 0 unspecified atom stereocenters. The van der Waals surface area contributed by atoms with Crippen LogP contribution in [0.5, 0.6) is 0 Å². The van der Waals surface area contributed by atoms with E-state index in [0.29, 0.717) is 16.0 Å². The maximum Gasteiger partial charge on any atom is 0.269 e. The molecular weight excluding hydrogens is 350 g/mol. The molecule has 6 heteroatoms. The van der Waals surface area contributed by atoms with E-state index in [0.717, 1.165) is 20.3 Å². The molecule has 4 aromatic rings. The smallest absolute Gasteiger partial charge is 0.269 e. The van der Waals surface area contributed by atoms with Gasteiger partial charge in [-0.15, -0.1) is 11.3 Å². The van der Waals surface area contributed by atoms with E-state index in [1.807, 2.05) is 36.4 Å². The lowest BCUT2D eigenvalue weighted by Crippen LogP contribution is -2.07. The third kappa shape index (κ3) is 2.07. The minimum Gasteiger partial charge on any atom is -0.305 e. The molecule has 3 heterocycles. The van der Waals surface area contributed by atoms with Crippen molar-refractivity contribution in [2.24, 2.45) is 0 Å². The zero-order valence-corrected chi connectivity index (χ0v) is 13.0. The summed E-state index contributed by atoms with van der Waals surface area (Å²) in [6.07, 6.45) is 1.72. The number of rotatable bonds is 1. The first kappa shape index (κ1) is 12.7. The first-order chi connectivity index (χ1) is 10.2. The number of fused-ring (bicyclic) bond motifs is 3. The molecule has 0 aliphatic rings. The Hall–Kier alpha value is -2.05. The van der Waals surface area contributed by atoms with Crippen LogP contribution >= 0.6 is 27.3 Å². The molecule has 0 spiro atoms. The summed E-state index contributed by atoms with van der Waals surface area (Å²) >= 11 is 4.77. The van der Waals surface area contributed by atoms with Gasteiger partial charge in [0, 0.05) is 21.6 Å². The van der Waals surface area contributed by atoms with Gasteiger partial charge in [-0.05, 0) is 24.3 Å². The van der Waals surface area contributed by atoms with Gasteiger partial charge < -0.3 is 4.98 Å². The number of benzene rings is 1. The van der Waals surface area contributed by atoms with Crippen LogP contribution in [0.15, 0.2) is 51.9 Å². The van der Waals surface area contributed by atoms with Crippen LogP contribution in [0.25, 0.3) is 31.8 Å². The lowest BCUT2D eigenvalue weighted by Gasteiger charge is -2.01. The van der Waals surface area contributed by atoms with Crippen LogP contribution in [-0.4, -0.2) is 15.0 Å². The predicted molar refractivity (Wildman–Crippen MR) is 88.7 cm³/mol. The number of aromatic nitrogens is 3. The number of nitrogens with one attached hydrogen (secondary N) is 1. The first-order valence-electron chi connectivity index (χ1n) is 6.26. The first-order valence-corrected chi connectivity index (χ1v) is 7.87. The van der Waals surface area contributed by atoms with Gasteiger partial charge in [0.25, 0.3) is 5.56 Å². The minimum atomic E-state index is -0.124. The van der Waals surface area contributed by atoms with Crippen molar-refractivity contribution in [3.8, 4) is 11.4 Å². The van der Waals surface area contributed by atoms with Crippen molar-refractivity contribution in [1.82, 2.24) is 15.0 Å². The summed E-state index contributed by atoms with van der Waals surface area (Å²) in [5.74, 6) is 0.573. The number of hydrogen-bond acceptors (Lipinski definition) is 4. The van der Waals surface area contributed by atoms with E-state index in [2.05, 4.69) is 30.9 Å². The number of pyridine rings is 1. The van der Waals surface area contributed by atoms with Gasteiger partial charge in [0.05, 0.1) is 5.52 Å². The fraction of sp³-hybridized carbons (Fsp3) is 0. The van der Waals surface area contributed by atoms with E-state index < -0.39 is 0 Å². The summed E-state index contributed by atoms with van der Waals surface area (Å²) in [6, 6.07) is 11.5. The Balaban J connectivity index is 2.05. The molecule has 0 saturated heterocycles. The quantitative estimate of drug-likeness (QED) is 0.560. The minimum absolute atomic E-state index is 0.124. The fourth-order valence-corrected chi connectivity index (χ4v) is 3.48. The highest BCUT2D eigenvalue weighted by Crippen LogP contribution is 2.29. The van der Waals surface area contributed by atoms with E-state index in [-0.39, 0.29) is 5.56 Å². The molecule has 1 aromatic carbocycles. The summed E-state index contributed by atoms with van der Waals surface area (Å²) in [7, 11) is 0. The number of halogens is 1. The second-order valence-corrected chi connectivity index (χ2v) is 6.47. The molecule has 4 nitrogen and oxygen atoms in total. The summed E-state index contributed by atoms with van der Waals surface area (Å²) in [5.41, 5.74) is 1.46. The Kier molecular flexibility index (Phi) is 2.87. The van der Waals surface area contributed by atoms with Gasteiger partial charge in [0.2, 0.25) is 0 Å². The molecule has 0 fully saturated rings. The van der Waals surface area contributed by atoms with Crippen molar-refractivity contribution in [3.63, 3.8) is 0 Å². The van der Waals surface area contributed by atoms with Gasteiger partial charge in [0.1, 0.15) is 15.4 Å². The van der Waals surface area contributed by atoms with Crippen LogP contribution in [0, 0.1) is 0 Å². The van der Waals surface area contributed by atoms with Crippen LogP contribution in [0.4, 0.5) is 0 Å². The zero-order valence-electron chi connectivity index (χ0n) is 10.6. The fourth-order valence-electron chi connectivity index (χ4n) is 2.23. The molecule has 0 amide bonds. The van der Waals surface area contributed by atoms with Gasteiger partial charge in [0.15, 0.2) is 0 Å². The van der Waals surface area contributed by atoms with Crippen molar-refractivity contribution in [2.45, 2.75) is 0 Å². The molecule has 3 aromatic heterocycles. The third-order valence-electron chi connectivity index (χ3n) is 3.22. The standard InChI is InChI=1S/C15H8BrN3OS/c16-9-5-3-8(4-6-9)13-18-11-10-2-1-7-17-15(10)21-12(11)14(20)19-13/h1-7H,(H,18,19,20). The molecule has 0 aliphatic heterocycles. The molecule has 1 N–H and O–H groups in total. The van der Waals surface area contributed by atoms with Crippen LogP contribution in [0.1, 0.15) is 0 Å². The number of hydrogen-bond donors (Lipinski definition) is 1. The Morgan fingerprint density at radius 2 is 1.95 bits per heavy atom. The highest BCUT2D eigenvalue weighted by Gasteiger charge is 2.12. The van der Waals surface area contributed by atoms with Crippen molar-refractivity contribution >= 4 is 47.7 Å². The highest BCUT2D eigenvalue weighted by molar-refractivity contribution is 9.10. The van der Waals surface area contributed by atoms with Gasteiger partial charge in [-0.3, -0.25) is 4.79 Å². The Morgan fingerprint density at radius 1 is 1.14 bits per heavy atom. The van der Waals surface area contributed by atoms with Crippen LogP contribution < -0.4 is 5.56 Å². The largest absolute Gasteiger partial charge is 0.305 e. The number of thiophene rings is 1. The second kappa shape index (κ2) is 4.75. The molecular formula is C15H8BrN3OS. The summed E-state index contributed by atoms with van der Waals surface area (Å²) < 4.78 is 1.60. The maximum atomic E-state index is 12.3. The second-order valence-electron chi connectivity index (χ2n) is 4.56. The van der Waals surface area contributed by atoms with Gasteiger partial charge in [-0.1, -0.05) is 28.1 Å². The normalized spacial score (nSPS) is 11.3. The van der Waals surface area contributed by atoms with E-state index in [1.54, 1.807) is 6.20 Å². The topological polar surface area (TPSA) is 58.6 Å². The average molecular weight is 358 g/mol. The lowest BCUT2D eigenvalue weighted by molar-refractivity contribution is 1.19. The lowest BCUT2D eigenvalue weighted by atomic mass is 10.2. The molecule has 0 radical (unpaired) electrons. The predicted octanol–water partition coefficient (Wildman–Crippen LogP) is 3.96. The van der Waals surface area contributed by atoms with E-state index in [9.17, 15) is 4.79 Å².